The van der Waals surface area contributed by atoms with E-state index >= 15 is 0 Å². The molecular formula is C24H21NO4. The Morgan fingerprint density at radius 1 is 0.966 bits per heavy atom. The van der Waals surface area contributed by atoms with Crippen LogP contribution >= 0.6 is 0 Å². The number of ketones is 1. The van der Waals surface area contributed by atoms with Crippen molar-refractivity contribution in [2.24, 2.45) is 0 Å². The zero-order chi connectivity index (χ0) is 20.2. The van der Waals surface area contributed by atoms with Crippen LogP contribution in [0.3, 0.4) is 0 Å². The summed E-state index contributed by atoms with van der Waals surface area (Å²) in [6.07, 6.45) is 0. The van der Waals surface area contributed by atoms with Gasteiger partial charge in [-0.25, -0.2) is 0 Å². The molecule has 5 heteroatoms. The number of rotatable bonds is 7. The molecule has 0 unspecified atom stereocenters. The van der Waals surface area contributed by atoms with Gasteiger partial charge < -0.3 is 14.7 Å². The molecule has 29 heavy (non-hydrogen) atoms. The Hall–Kier alpha value is -3.44. The molecule has 1 heterocycles. The first kappa shape index (κ1) is 18.9. The summed E-state index contributed by atoms with van der Waals surface area (Å²) >= 11 is 0. The van der Waals surface area contributed by atoms with E-state index in [2.05, 4.69) is 24.3 Å². The smallest absolute Gasteiger partial charge is 0.254 e. The molecule has 0 saturated carbocycles. The number of hydrogen-bond donors (Lipinski definition) is 1. The first-order valence-electron chi connectivity index (χ1n) is 9.46. The van der Waals surface area contributed by atoms with Crippen LogP contribution in [0.2, 0.25) is 0 Å². The van der Waals surface area contributed by atoms with Crippen LogP contribution in [-0.4, -0.2) is 34.9 Å². The van der Waals surface area contributed by atoms with E-state index in [9.17, 15) is 9.59 Å². The number of ether oxygens (including phenoxy) is 1. The fraction of sp³-hybridized carbons (Fsp3) is 0.167. The Kier molecular flexibility index (Phi) is 5.40. The topological polar surface area (TPSA) is 66.8 Å². The summed E-state index contributed by atoms with van der Waals surface area (Å²) in [4.78, 5) is 25.8. The van der Waals surface area contributed by atoms with Gasteiger partial charge in [-0.15, -0.1) is 0 Å². The van der Waals surface area contributed by atoms with Gasteiger partial charge in [0.25, 0.3) is 5.91 Å². The van der Waals surface area contributed by atoms with Crippen molar-refractivity contribution in [3.05, 3.63) is 89.5 Å². The molecule has 0 aliphatic carbocycles. The third-order valence-corrected chi connectivity index (χ3v) is 4.97. The van der Waals surface area contributed by atoms with Crippen molar-refractivity contribution in [1.82, 2.24) is 4.90 Å². The molecule has 1 N–H and O–H groups in total. The summed E-state index contributed by atoms with van der Waals surface area (Å²) in [5, 5.41) is 8.78. The molecule has 1 amide bonds. The van der Waals surface area contributed by atoms with Crippen LogP contribution in [0.5, 0.6) is 5.75 Å². The number of carbonyl (C=O) groups is 2. The van der Waals surface area contributed by atoms with E-state index in [0.717, 1.165) is 22.3 Å². The van der Waals surface area contributed by atoms with Crippen molar-refractivity contribution in [2.45, 2.75) is 13.1 Å². The Morgan fingerprint density at radius 3 is 2.41 bits per heavy atom. The molecule has 0 radical (unpaired) electrons. The van der Waals surface area contributed by atoms with Crippen molar-refractivity contribution < 1.29 is 19.4 Å². The zero-order valence-corrected chi connectivity index (χ0v) is 15.9. The number of hydrogen-bond acceptors (Lipinski definition) is 4. The number of aliphatic hydroxyl groups excluding tert-OH is 1. The number of benzene rings is 3. The maximum Gasteiger partial charge on any atom is 0.254 e. The van der Waals surface area contributed by atoms with E-state index in [4.69, 9.17) is 9.84 Å². The Morgan fingerprint density at radius 2 is 1.69 bits per heavy atom. The van der Waals surface area contributed by atoms with Crippen LogP contribution in [0, 0.1) is 0 Å². The highest BCUT2D eigenvalue weighted by molar-refractivity contribution is 5.98. The Labute approximate surface area is 169 Å². The fourth-order valence-electron chi connectivity index (χ4n) is 3.42. The fourth-order valence-corrected chi connectivity index (χ4v) is 3.42. The van der Waals surface area contributed by atoms with Crippen LogP contribution in [0.25, 0.3) is 11.1 Å². The molecule has 3 aromatic rings. The predicted molar refractivity (Wildman–Crippen MR) is 109 cm³/mol. The van der Waals surface area contributed by atoms with Gasteiger partial charge in [0, 0.05) is 18.7 Å². The summed E-state index contributed by atoms with van der Waals surface area (Å²) in [5.74, 6) is -0.00330. The molecule has 0 atom stereocenters. The summed E-state index contributed by atoms with van der Waals surface area (Å²) < 4.78 is 5.36. The standard InChI is InChI=1S/C24H21NO4/c26-15-21(27)16-29-22-11-10-20-14-25(24(28)23(20)12-22)13-17-6-8-19(9-7-17)18-4-2-1-3-5-18/h1-12,26H,13-16H2. The summed E-state index contributed by atoms with van der Waals surface area (Å²) in [6, 6.07) is 23.7. The van der Waals surface area contributed by atoms with Crippen LogP contribution < -0.4 is 4.74 Å². The Bertz CT molecular complexity index is 1030. The van der Waals surface area contributed by atoms with Crippen molar-refractivity contribution in [1.29, 1.82) is 0 Å². The average molecular weight is 387 g/mol. The van der Waals surface area contributed by atoms with E-state index in [1.54, 1.807) is 17.0 Å². The molecule has 0 aromatic heterocycles. The second kappa shape index (κ2) is 8.29. The van der Waals surface area contributed by atoms with Gasteiger partial charge in [0.05, 0.1) is 0 Å². The van der Waals surface area contributed by atoms with Crippen LogP contribution in [0.15, 0.2) is 72.8 Å². The third kappa shape index (κ3) is 4.20. The van der Waals surface area contributed by atoms with Gasteiger partial charge in [0.1, 0.15) is 19.0 Å². The van der Waals surface area contributed by atoms with Crippen molar-refractivity contribution in [3.63, 3.8) is 0 Å². The number of carbonyl (C=O) groups excluding carboxylic acids is 2. The summed E-state index contributed by atoms with van der Waals surface area (Å²) in [5.41, 5.74) is 4.91. The van der Waals surface area contributed by atoms with Gasteiger partial charge in [0.15, 0.2) is 5.78 Å². The summed E-state index contributed by atoms with van der Waals surface area (Å²) in [6.45, 7) is 0.313. The van der Waals surface area contributed by atoms with Gasteiger partial charge >= 0.3 is 0 Å². The third-order valence-electron chi connectivity index (χ3n) is 4.97. The van der Waals surface area contributed by atoms with E-state index in [1.165, 1.54) is 0 Å². The van der Waals surface area contributed by atoms with Crippen LogP contribution in [-0.2, 0) is 17.9 Å². The minimum absolute atomic E-state index is 0.0499. The number of nitrogens with zero attached hydrogens (tertiary/aromatic N) is 1. The normalized spacial score (nSPS) is 12.7. The van der Waals surface area contributed by atoms with Gasteiger partial charge in [-0.05, 0) is 34.4 Å². The van der Waals surface area contributed by atoms with Gasteiger partial charge in [-0.3, -0.25) is 9.59 Å². The lowest BCUT2D eigenvalue weighted by atomic mass is 10.0. The molecule has 0 bridgehead atoms. The second-order valence-corrected chi connectivity index (χ2v) is 7.03. The number of fused-ring (bicyclic) bond motifs is 1. The molecule has 146 valence electrons. The van der Waals surface area contributed by atoms with E-state index < -0.39 is 12.4 Å². The molecule has 0 fully saturated rings. The predicted octanol–water partition coefficient (Wildman–Crippen LogP) is 3.45. The minimum Gasteiger partial charge on any atom is -0.486 e. The number of Topliss-reactive ketones (excluding diaryl/α,β-unsaturated/α-hetero) is 1. The lowest BCUT2D eigenvalue weighted by molar-refractivity contribution is -0.123. The van der Waals surface area contributed by atoms with Crippen molar-refractivity contribution >= 4 is 11.7 Å². The largest absolute Gasteiger partial charge is 0.486 e. The van der Waals surface area contributed by atoms with E-state index in [1.807, 2.05) is 36.4 Å². The van der Waals surface area contributed by atoms with E-state index in [0.29, 0.717) is 24.4 Å². The molecule has 1 aliphatic rings. The second-order valence-electron chi connectivity index (χ2n) is 7.03. The minimum atomic E-state index is -0.555. The molecule has 1 aliphatic heterocycles. The average Bonchev–Trinajstić information content (AvgIpc) is 3.08. The lowest BCUT2D eigenvalue weighted by Crippen LogP contribution is -2.23. The molecule has 3 aromatic carbocycles. The van der Waals surface area contributed by atoms with Crippen molar-refractivity contribution in [3.8, 4) is 16.9 Å². The highest BCUT2D eigenvalue weighted by Crippen LogP contribution is 2.28. The molecule has 0 spiro atoms. The van der Waals surface area contributed by atoms with Gasteiger partial charge in [-0.2, -0.15) is 0 Å². The molecule has 5 nitrogen and oxygen atoms in total. The van der Waals surface area contributed by atoms with Crippen LogP contribution in [0.4, 0.5) is 0 Å². The number of aliphatic hydroxyl groups is 1. The maximum absolute atomic E-state index is 12.8. The maximum atomic E-state index is 12.8. The Balaban J connectivity index is 1.43. The van der Waals surface area contributed by atoms with Gasteiger partial charge in [0.2, 0.25) is 0 Å². The quantitative estimate of drug-likeness (QED) is 0.674. The first-order chi connectivity index (χ1) is 14.1. The first-order valence-corrected chi connectivity index (χ1v) is 9.46. The molecule has 4 rings (SSSR count). The SMILES string of the molecule is O=C(CO)COc1ccc2c(c1)C(=O)N(Cc1ccc(-c3ccccc3)cc1)C2. The summed E-state index contributed by atoms with van der Waals surface area (Å²) in [7, 11) is 0. The highest BCUT2D eigenvalue weighted by atomic mass is 16.5. The lowest BCUT2D eigenvalue weighted by Gasteiger charge is -2.16. The van der Waals surface area contributed by atoms with Crippen LogP contribution in [0.1, 0.15) is 21.5 Å². The van der Waals surface area contributed by atoms with Crippen molar-refractivity contribution in [2.75, 3.05) is 13.2 Å². The highest BCUT2D eigenvalue weighted by Gasteiger charge is 2.27. The monoisotopic (exact) mass is 387 g/mol. The zero-order valence-electron chi connectivity index (χ0n) is 15.9. The van der Waals surface area contributed by atoms with Gasteiger partial charge in [-0.1, -0.05) is 60.7 Å². The number of amides is 1. The van der Waals surface area contributed by atoms with E-state index in [-0.39, 0.29) is 12.5 Å². The molecule has 0 saturated heterocycles. The molecular weight excluding hydrogens is 366 g/mol.